The summed E-state index contributed by atoms with van der Waals surface area (Å²) in [5.74, 6) is 0.994. The van der Waals surface area contributed by atoms with Gasteiger partial charge in [0.1, 0.15) is 23.7 Å². The Morgan fingerprint density at radius 3 is 2.50 bits per heavy atom. The van der Waals surface area contributed by atoms with Gasteiger partial charge in [0.25, 0.3) is 5.91 Å². The van der Waals surface area contributed by atoms with Crippen molar-refractivity contribution in [1.29, 1.82) is 0 Å². The zero-order valence-corrected chi connectivity index (χ0v) is 19.9. The van der Waals surface area contributed by atoms with Gasteiger partial charge in [-0.2, -0.15) is 0 Å². The van der Waals surface area contributed by atoms with Gasteiger partial charge in [0.15, 0.2) is 11.2 Å². The van der Waals surface area contributed by atoms with Crippen molar-refractivity contribution in [2.45, 2.75) is 19.6 Å². The number of hydrogen-bond acceptors (Lipinski definition) is 6. The van der Waals surface area contributed by atoms with Crippen molar-refractivity contribution < 1.29 is 18.5 Å². The number of aromatic nitrogens is 1. The smallest absolute Gasteiger partial charge is 0.296 e. The van der Waals surface area contributed by atoms with Crippen LogP contribution in [0.3, 0.4) is 0 Å². The number of benzene rings is 3. The minimum absolute atomic E-state index is 0.0233. The van der Waals surface area contributed by atoms with Crippen LogP contribution in [0.1, 0.15) is 39.0 Å². The molecule has 5 aromatic rings. The number of hydrogen-bond donors (Lipinski definition) is 0. The molecule has 0 saturated carbocycles. The molecule has 36 heavy (non-hydrogen) atoms. The van der Waals surface area contributed by atoms with Crippen LogP contribution in [0.4, 0.5) is 5.82 Å². The number of aryl methyl sites for hydroxylation is 1. The summed E-state index contributed by atoms with van der Waals surface area (Å²) in [6.07, 6.45) is 0. The summed E-state index contributed by atoms with van der Waals surface area (Å²) in [5.41, 5.74) is 1.95. The number of ether oxygens (including phenoxy) is 1. The third kappa shape index (κ3) is 3.74. The molecule has 0 saturated heterocycles. The summed E-state index contributed by atoms with van der Waals surface area (Å²) in [7, 11) is 0. The number of rotatable bonds is 5. The summed E-state index contributed by atoms with van der Waals surface area (Å²) in [6.45, 7) is 2.16. The van der Waals surface area contributed by atoms with Crippen LogP contribution in [0.25, 0.3) is 11.0 Å². The maximum Gasteiger partial charge on any atom is 0.296 e. The van der Waals surface area contributed by atoms with Crippen molar-refractivity contribution in [2.75, 3.05) is 4.90 Å². The molecule has 0 N–H and O–H groups in total. The van der Waals surface area contributed by atoms with E-state index in [0.29, 0.717) is 39.9 Å². The molecule has 1 amide bonds. The first kappa shape index (κ1) is 22.1. The minimum atomic E-state index is -0.764. The van der Waals surface area contributed by atoms with Gasteiger partial charge in [-0.15, -0.1) is 0 Å². The Labute approximate surface area is 210 Å². The molecule has 1 atom stereocenters. The lowest BCUT2D eigenvalue weighted by Crippen LogP contribution is -2.29. The number of amides is 1. The first-order valence-corrected chi connectivity index (χ1v) is 11.7. The van der Waals surface area contributed by atoms with Gasteiger partial charge in [-0.3, -0.25) is 14.5 Å². The highest BCUT2D eigenvalue weighted by Gasteiger charge is 2.44. The first-order valence-electron chi connectivity index (χ1n) is 11.3. The fraction of sp³-hybridized carbons (Fsp3) is 0.107. The van der Waals surface area contributed by atoms with E-state index in [1.807, 2.05) is 54.6 Å². The van der Waals surface area contributed by atoms with Gasteiger partial charge in [-0.25, -0.2) is 0 Å². The number of nitrogens with zero attached hydrogens (tertiary/aromatic N) is 2. The van der Waals surface area contributed by atoms with Crippen molar-refractivity contribution in [3.05, 3.63) is 122 Å². The van der Waals surface area contributed by atoms with Crippen molar-refractivity contribution in [3.8, 4) is 5.75 Å². The molecule has 0 bridgehead atoms. The lowest BCUT2D eigenvalue weighted by atomic mass is 9.98. The lowest BCUT2D eigenvalue weighted by Gasteiger charge is -2.22. The van der Waals surface area contributed by atoms with Crippen molar-refractivity contribution in [3.63, 3.8) is 0 Å². The van der Waals surface area contributed by atoms with Gasteiger partial charge in [0, 0.05) is 11.1 Å². The molecule has 0 fully saturated rings. The van der Waals surface area contributed by atoms with Crippen LogP contribution >= 0.6 is 11.6 Å². The van der Waals surface area contributed by atoms with Gasteiger partial charge >= 0.3 is 0 Å². The van der Waals surface area contributed by atoms with E-state index in [0.717, 1.165) is 5.56 Å². The Hall–Kier alpha value is -4.36. The van der Waals surface area contributed by atoms with Crippen LogP contribution in [-0.2, 0) is 6.61 Å². The van der Waals surface area contributed by atoms with Crippen LogP contribution in [0, 0.1) is 6.92 Å². The van der Waals surface area contributed by atoms with E-state index in [4.69, 9.17) is 25.3 Å². The zero-order chi connectivity index (χ0) is 24.8. The minimum Gasteiger partial charge on any atom is -0.489 e. The third-order valence-electron chi connectivity index (χ3n) is 6.14. The van der Waals surface area contributed by atoms with Crippen LogP contribution in [0.5, 0.6) is 5.75 Å². The van der Waals surface area contributed by atoms with Crippen LogP contribution in [-0.4, -0.2) is 11.1 Å². The van der Waals surface area contributed by atoms with Crippen molar-refractivity contribution in [1.82, 2.24) is 5.16 Å². The number of carbonyl (C=O) groups excluding carboxylic acids is 1. The summed E-state index contributed by atoms with van der Waals surface area (Å²) >= 11 is 6.15. The predicted octanol–water partition coefficient (Wildman–Crippen LogP) is 6.07. The molecule has 1 aliphatic rings. The van der Waals surface area contributed by atoms with Crippen LogP contribution < -0.4 is 15.1 Å². The average Bonchev–Trinajstić information content (AvgIpc) is 3.45. The predicted molar refractivity (Wildman–Crippen MR) is 135 cm³/mol. The fourth-order valence-electron chi connectivity index (χ4n) is 4.45. The van der Waals surface area contributed by atoms with Crippen molar-refractivity contribution >= 4 is 34.3 Å². The van der Waals surface area contributed by atoms with Crippen molar-refractivity contribution in [2.24, 2.45) is 0 Å². The summed E-state index contributed by atoms with van der Waals surface area (Å²) < 4.78 is 17.1. The molecule has 2 aromatic heterocycles. The number of anilines is 1. The summed E-state index contributed by atoms with van der Waals surface area (Å²) in [4.78, 5) is 28.6. The zero-order valence-electron chi connectivity index (χ0n) is 19.1. The Morgan fingerprint density at radius 2 is 1.78 bits per heavy atom. The Kier molecular flexibility index (Phi) is 5.34. The van der Waals surface area contributed by atoms with E-state index in [1.165, 1.54) is 4.90 Å². The largest absolute Gasteiger partial charge is 0.489 e. The monoisotopic (exact) mass is 498 g/mol. The second-order valence-corrected chi connectivity index (χ2v) is 8.97. The highest BCUT2D eigenvalue weighted by molar-refractivity contribution is 6.31. The highest BCUT2D eigenvalue weighted by Crippen LogP contribution is 2.41. The molecular formula is C28H19ClN2O5. The molecule has 0 spiro atoms. The van der Waals surface area contributed by atoms with E-state index in [9.17, 15) is 9.59 Å². The molecule has 7 nitrogen and oxygen atoms in total. The van der Waals surface area contributed by atoms with E-state index >= 15 is 0 Å². The van der Waals surface area contributed by atoms with E-state index < -0.39 is 11.9 Å². The molecule has 3 aromatic carbocycles. The third-order valence-corrected chi connectivity index (χ3v) is 6.37. The Morgan fingerprint density at radius 1 is 1.00 bits per heavy atom. The molecule has 178 valence electrons. The molecule has 0 radical (unpaired) electrons. The van der Waals surface area contributed by atoms with Gasteiger partial charge in [-0.05, 0) is 48.4 Å². The number of carbonyl (C=O) groups is 1. The molecule has 0 unspecified atom stereocenters. The standard InChI is InChI=1S/C28H19ClN2O5/c1-16-13-23(30-36-16)31-25(18-7-10-20(11-8-18)34-15-17-5-3-2-4-6-17)24-26(32)21-14-19(29)9-12-22(21)35-27(24)28(31)33/h2-14,25H,15H2,1H3/t25-/m1/s1. The Bertz CT molecular complexity index is 1660. The lowest BCUT2D eigenvalue weighted by molar-refractivity contribution is 0.0969. The normalized spacial score (nSPS) is 14.9. The van der Waals surface area contributed by atoms with E-state index in [1.54, 1.807) is 31.2 Å². The van der Waals surface area contributed by atoms with Crippen LogP contribution in [0.15, 0.2) is 92.6 Å². The van der Waals surface area contributed by atoms with Crippen LogP contribution in [0.2, 0.25) is 5.02 Å². The molecule has 1 aliphatic heterocycles. The molecule has 6 rings (SSSR count). The molecule has 8 heteroatoms. The van der Waals surface area contributed by atoms with E-state index in [2.05, 4.69) is 5.16 Å². The second-order valence-electron chi connectivity index (χ2n) is 8.53. The topological polar surface area (TPSA) is 85.8 Å². The van der Waals surface area contributed by atoms with Gasteiger partial charge < -0.3 is 13.7 Å². The van der Waals surface area contributed by atoms with Gasteiger partial charge in [0.05, 0.1) is 17.0 Å². The number of halogens is 1. The van der Waals surface area contributed by atoms with Gasteiger partial charge in [0.2, 0.25) is 5.76 Å². The SMILES string of the molecule is Cc1cc(N2C(=O)c3oc4ccc(Cl)cc4c(=O)c3[C@H]2c2ccc(OCc3ccccc3)cc2)no1. The molecule has 0 aliphatic carbocycles. The Balaban J connectivity index is 1.44. The first-order chi connectivity index (χ1) is 17.5. The molecular weight excluding hydrogens is 480 g/mol. The highest BCUT2D eigenvalue weighted by atomic mass is 35.5. The summed E-state index contributed by atoms with van der Waals surface area (Å²) in [6, 6.07) is 22.8. The second kappa shape index (κ2) is 8.70. The maximum atomic E-state index is 13.6. The average molecular weight is 499 g/mol. The van der Waals surface area contributed by atoms with E-state index in [-0.39, 0.29) is 22.3 Å². The number of fused-ring (bicyclic) bond motifs is 2. The quantitative estimate of drug-likeness (QED) is 0.292. The summed E-state index contributed by atoms with van der Waals surface area (Å²) in [5, 5.41) is 4.75. The molecule has 3 heterocycles. The maximum absolute atomic E-state index is 13.6. The fourth-order valence-corrected chi connectivity index (χ4v) is 4.62. The van der Waals surface area contributed by atoms with Gasteiger partial charge in [-0.1, -0.05) is 59.2 Å².